The minimum atomic E-state index is -0.559. The number of carbonyl (C=O) groups is 2. The van der Waals surface area contributed by atoms with Crippen molar-refractivity contribution in [3.8, 4) is 11.1 Å². The molecule has 11 heteroatoms. The minimum absolute atomic E-state index is 0.00567. The van der Waals surface area contributed by atoms with E-state index in [9.17, 15) is 14.7 Å². The Bertz CT molecular complexity index is 1570. The molecule has 10 nitrogen and oxygen atoms in total. The van der Waals surface area contributed by atoms with Gasteiger partial charge in [-0.2, -0.15) is 0 Å². The number of unbranched alkanes of at least 4 members (excludes halogenated alkanes) is 2. The van der Waals surface area contributed by atoms with Crippen molar-refractivity contribution >= 4 is 23.6 Å². The number of benzene rings is 3. The molecule has 0 saturated carbocycles. The lowest BCUT2D eigenvalue weighted by atomic mass is 9.99. The van der Waals surface area contributed by atoms with Gasteiger partial charge in [0, 0.05) is 49.5 Å². The Hall–Kier alpha value is -4.13. The first kappa shape index (κ1) is 34.2. The second-order valence-corrected chi connectivity index (χ2v) is 12.4. The SMILES string of the molecule is O=C(CCCCCC(=O)NCc1cccc(-c2ccc([C@H]3O[C@@H](CSc4ncccn4)C[C@@H](c4ccc(CO)cc4)O3)cc2)c1)NO. The zero-order chi connectivity index (χ0) is 32.8. The molecule has 4 aromatic rings. The smallest absolute Gasteiger partial charge is 0.243 e. The monoisotopic (exact) mass is 656 g/mol. The molecule has 5 rings (SSSR count). The Morgan fingerprint density at radius 2 is 1.53 bits per heavy atom. The third kappa shape index (κ3) is 10.4. The van der Waals surface area contributed by atoms with Crippen molar-refractivity contribution in [3.63, 3.8) is 0 Å². The van der Waals surface area contributed by atoms with Gasteiger partial charge in [-0.05, 0) is 52.8 Å². The summed E-state index contributed by atoms with van der Waals surface area (Å²) >= 11 is 1.56. The lowest BCUT2D eigenvalue weighted by Crippen LogP contribution is -2.31. The van der Waals surface area contributed by atoms with Crippen LogP contribution in [-0.4, -0.2) is 44.0 Å². The van der Waals surface area contributed by atoms with E-state index in [0.29, 0.717) is 43.1 Å². The highest BCUT2D eigenvalue weighted by atomic mass is 32.2. The van der Waals surface area contributed by atoms with Crippen molar-refractivity contribution in [3.05, 3.63) is 114 Å². The fraction of sp³-hybridized carbons (Fsp3) is 0.333. The van der Waals surface area contributed by atoms with Gasteiger partial charge in [-0.1, -0.05) is 84.9 Å². The molecule has 246 valence electrons. The third-order valence-corrected chi connectivity index (χ3v) is 8.93. The summed E-state index contributed by atoms with van der Waals surface area (Å²) in [5, 5.41) is 21.7. The summed E-state index contributed by atoms with van der Waals surface area (Å²) in [7, 11) is 0. The summed E-state index contributed by atoms with van der Waals surface area (Å²) < 4.78 is 13.0. The standard InChI is InChI=1S/C36H40N4O6S/c41-23-25-10-12-28(13-11-25)32-21-31(24-47-36-37-18-5-19-38-36)45-35(46-32)29-16-14-27(15-17-29)30-7-4-6-26(20-30)22-39-33(42)8-2-1-3-9-34(43)40-44/h4-7,10-20,31-32,35,41,44H,1-3,8-9,21-24H2,(H,39,42)(H,40,43)/t31-,32+,35+/m1/s1. The Morgan fingerprint density at radius 1 is 0.809 bits per heavy atom. The van der Waals surface area contributed by atoms with Crippen LogP contribution in [0.25, 0.3) is 11.1 Å². The Morgan fingerprint density at radius 3 is 2.26 bits per heavy atom. The van der Waals surface area contributed by atoms with E-state index in [1.807, 2.05) is 54.6 Å². The number of rotatable bonds is 15. The first-order valence-electron chi connectivity index (χ1n) is 15.8. The van der Waals surface area contributed by atoms with Gasteiger partial charge in [0.15, 0.2) is 11.4 Å². The second kappa shape index (κ2) is 17.7. The van der Waals surface area contributed by atoms with Crippen LogP contribution in [0, 0.1) is 0 Å². The van der Waals surface area contributed by atoms with Crippen molar-refractivity contribution in [1.82, 2.24) is 20.8 Å². The molecular formula is C36H40N4O6S. The lowest BCUT2D eigenvalue weighted by Gasteiger charge is -2.36. The van der Waals surface area contributed by atoms with E-state index in [4.69, 9.17) is 14.7 Å². The molecule has 0 spiro atoms. The van der Waals surface area contributed by atoms with Crippen molar-refractivity contribution in [2.75, 3.05) is 5.75 Å². The molecule has 0 unspecified atom stereocenters. The molecule has 1 saturated heterocycles. The van der Waals surface area contributed by atoms with Gasteiger partial charge >= 0.3 is 0 Å². The summed E-state index contributed by atoms with van der Waals surface area (Å²) in [6, 6.07) is 25.9. The third-order valence-electron chi connectivity index (χ3n) is 7.92. The number of thioether (sulfide) groups is 1. The Kier molecular flexibility index (Phi) is 12.9. The molecule has 2 heterocycles. The van der Waals surface area contributed by atoms with Crippen LogP contribution in [0.3, 0.4) is 0 Å². The summed E-state index contributed by atoms with van der Waals surface area (Å²) in [5.74, 6) is 0.238. The molecule has 0 bridgehead atoms. The van der Waals surface area contributed by atoms with Crippen molar-refractivity contribution in [2.24, 2.45) is 0 Å². The van der Waals surface area contributed by atoms with Crippen LogP contribution in [0.5, 0.6) is 0 Å². The number of hydrogen-bond acceptors (Lipinski definition) is 9. The number of carbonyl (C=O) groups excluding carboxylic acids is 2. The van der Waals surface area contributed by atoms with Gasteiger partial charge < -0.3 is 19.9 Å². The fourth-order valence-electron chi connectivity index (χ4n) is 5.34. The van der Waals surface area contributed by atoms with E-state index in [0.717, 1.165) is 39.8 Å². The van der Waals surface area contributed by atoms with E-state index < -0.39 is 12.2 Å². The number of aliphatic hydroxyl groups excluding tert-OH is 1. The maximum atomic E-state index is 12.3. The van der Waals surface area contributed by atoms with Gasteiger partial charge in [0.2, 0.25) is 11.8 Å². The Balaban J connectivity index is 1.20. The summed E-state index contributed by atoms with van der Waals surface area (Å²) in [6.45, 7) is 0.420. The molecule has 1 fully saturated rings. The number of aromatic nitrogens is 2. The van der Waals surface area contributed by atoms with E-state index in [1.165, 1.54) is 0 Å². The average molecular weight is 657 g/mol. The quantitative estimate of drug-likeness (QED) is 0.0396. The molecule has 2 amide bonds. The number of hydroxylamine groups is 1. The van der Waals surface area contributed by atoms with Gasteiger partial charge in [-0.25, -0.2) is 15.4 Å². The number of ether oxygens (including phenoxy) is 2. The zero-order valence-corrected chi connectivity index (χ0v) is 26.9. The molecule has 3 atom stereocenters. The van der Waals surface area contributed by atoms with Gasteiger partial charge in [-0.3, -0.25) is 14.8 Å². The number of hydrogen-bond donors (Lipinski definition) is 4. The molecule has 4 N–H and O–H groups in total. The summed E-state index contributed by atoms with van der Waals surface area (Å²) in [4.78, 5) is 32.1. The van der Waals surface area contributed by atoms with E-state index in [2.05, 4.69) is 33.5 Å². The average Bonchev–Trinajstić information content (AvgIpc) is 3.13. The van der Waals surface area contributed by atoms with Gasteiger partial charge in [-0.15, -0.1) is 0 Å². The number of nitrogens with one attached hydrogen (secondary N) is 2. The summed E-state index contributed by atoms with van der Waals surface area (Å²) in [6.07, 6.45) is 6.01. The molecule has 3 aromatic carbocycles. The predicted molar refractivity (Wildman–Crippen MR) is 178 cm³/mol. The van der Waals surface area contributed by atoms with Gasteiger partial charge in [0.05, 0.1) is 18.8 Å². The maximum Gasteiger partial charge on any atom is 0.243 e. The first-order chi connectivity index (χ1) is 23.0. The van der Waals surface area contributed by atoms with Crippen molar-refractivity contribution < 1.29 is 29.4 Å². The van der Waals surface area contributed by atoms with Crippen LogP contribution in [0.2, 0.25) is 0 Å². The highest BCUT2D eigenvalue weighted by Crippen LogP contribution is 2.39. The van der Waals surface area contributed by atoms with Crippen LogP contribution >= 0.6 is 11.8 Å². The minimum Gasteiger partial charge on any atom is -0.392 e. The maximum absolute atomic E-state index is 12.3. The van der Waals surface area contributed by atoms with Crippen LogP contribution in [-0.2, 0) is 32.2 Å². The molecule has 47 heavy (non-hydrogen) atoms. The highest BCUT2D eigenvalue weighted by molar-refractivity contribution is 7.99. The molecule has 0 aliphatic carbocycles. The van der Waals surface area contributed by atoms with Gasteiger partial charge in [0.1, 0.15) is 0 Å². The van der Waals surface area contributed by atoms with Crippen molar-refractivity contribution in [1.29, 1.82) is 0 Å². The normalized spacial score (nSPS) is 17.6. The van der Waals surface area contributed by atoms with Crippen LogP contribution in [0.4, 0.5) is 0 Å². The van der Waals surface area contributed by atoms with E-state index >= 15 is 0 Å². The molecule has 0 radical (unpaired) electrons. The number of amides is 2. The van der Waals surface area contributed by atoms with Crippen LogP contribution in [0.15, 0.2) is 96.4 Å². The molecule has 1 aromatic heterocycles. The zero-order valence-electron chi connectivity index (χ0n) is 26.1. The van der Waals surface area contributed by atoms with E-state index in [1.54, 1.807) is 35.7 Å². The predicted octanol–water partition coefficient (Wildman–Crippen LogP) is 6.05. The van der Waals surface area contributed by atoms with Crippen molar-refractivity contribution in [2.45, 2.75) is 75.3 Å². The van der Waals surface area contributed by atoms with E-state index in [-0.39, 0.29) is 31.1 Å². The van der Waals surface area contributed by atoms with Crippen LogP contribution < -0.4 is 10.8 Å². The topological polar surface area (TPSA) is 143 Å². The molecule has 1 aliphatic heterocycles. The Labute approximate surface area is 278 Å². The fourth-order valence-corrected chi connectivity index (χ4v) is 6.16. The molecule has 1 aliphatic rings. The second-order valence-electron chi connectivity index (χ2n) is 11.4. The number of nitrogens with zero attached hydrogens (tertiary/aromatic N) is 2. The molecular weight excluding hydrogens is 616 g/mol. The summed E-state index contributed by atoms with van der Waals surface area (Å²) in [5.41, 5.74) is 7.49. The highest BCUT2D eigenvalue weighted by Gasteiger charge is 2.32. The number of aliphatic hydroxyl groups is 1. The lowest BCUT2D eigenvalue weighted by molar-refractivity contribution is -0.245. The van der Waals surface area contributed by atoms with Crippen LogP contribution in [0.1, 0.15) is 73.2 Å². The largest absolute Gasteiger partial charge is 0.392 e. The first-order valence-corrected chi connectivity index (χ1v) is 16.8. The van der Waals surface area contributed by atoms with Gasteiger partial charge in [0.25, 0.3) is 0 Å².